The molecule has 2 aliphatic heterocycles. The first kappa shape index (κ1) is 14.3. The zero-order valence-electron chi connectivity index (χ0n) is 12.2. The van der Waals surface area contributed by atoms with E-state index in [1.54, 1.807) is 0 Å². The van der Waals surface area contributed by atoms with Crippen molar-refractivity contribution in [1.29, 1.82) is 0 Å². The van der Waals surface area contributed by atoms with Crippen LogP contribution in [-0.4, -0.2) is 49.8 Å². The fraction of sp³-hybridized carbons (Fsp3) is 1.00. The minimum Gasteiger partial charge on any atom is -0.381 e. The lowest BCUT2D eigenvalue weighted by atomic mass is 9.94. The van der Waals surface area contributed by atoms with E-state index in [9.17, 15) is 0 Å². The second kappa shape index (κ2) is 7.46. The first-order chi connectivity index (χ1) is 8.79. The van der Waals surface area contributed by atoms with E-state index >= 15 is 0 Å². The summed E-state index contributed by atoms with van der Waals surface area (Å²) in [6.07, 6.45) is 6.43. The van der Waals surface area contributed by atoms with Crippen LogP contribution in [0.25, 0.3) is 0 Å². The SMILES string of the molecule is CCCNC1CCN(CC2CCOCC2)C(C)C1. The van der Waals surface area contributed by atoms with Crippen LogP contribution in [0.15, 0.2) is 0 Å². The number of ether oxygens (including phenoxy) is 1. The molecular weight excluding hydrogens is 224 g/mol. The Morgan fingerprint density at radius 2 is 2.00 bits per heavy atom. The molecule has 2 rings (SSSR count). The van der Waals surface area contributed by atoms with Crippen molar-refractivity contribution in [2.24, 2.45) is 5.92 Å². The quantitative estimate of drug-likeness (QED) is 0.814. The van der Waals surface area contributed by atoms with Crippen molar-refractivity contribution < 1.29 is 4.74 Å². The van der Waals surface area contributed by atoms with E-state index in [0.29, 0.717) is 0 Å². The summed E-state index contributed by atoms with van der Waals surface area (Å²) in [6.45, 7) is 10.4. The van der Waals surface area contributed by atoms with Gasteiger partial charge in [-0.15, -0.1) is 0 Å². The van der Waals surface area contributed by atoms with Gasteiger partial charge in [0.25, 0.3) is 0 Å². The molecule has 1 N–H and O–H groups in total. The fourth-order valence-electron chi connectivity index (χ4n) is 3.29. The van der Waals surface area contributed by atoms with Gasteiger partial charge in [-0.3, -0.25) is 0 Å². The second-order valence-electron chi connectivity index (χ2n) is 6.08. The van der Waals surface area contributed by atoms with Gasteiger partial charge in [0.05, 0.1) is 0 Å². The minimum atomic E-state index is 0.746. The zero-order valence-corrected chi connectivity index (χ0v) is 12.2. The smallest absolute Gasteiger partial charge is 0.0469 e. The molecule has 2 unspecified atom stereocenters. The molecule has 106 valence electrons. The molecule has 0 aliphatic carbocycles. The molecule has 0 aromatic carbocycles. The Hall–Kier alpha value is -0.120. The van der Waals surface area contributed by atoms with Crippen molar-refractivity contribution in [3.63, 3.8) is 0 Å². The highest BCUT2D eigenvalue weighted by atomic mass is 16.5. The molecular formula is C15H30N2O. The molecule has 0 radical (unpaired) electrons. The summed E-state index contributed by atoms with van der Waals surface area (Å²) in [6, 6.07) is 1.50. The lowest BCUT2D eigenvalue weighted by Gasteiger charge is -2.40. The number of rotatable bonds is 5. The molecule has 0 saturated carbocycles. The van der Waals surface area contributed by atoms with Crippen LogP contribution in [0.4, 0.5) is 0 Å². The Morgan fingerprint density at radius 3 is 2.67 bits per heavy atom. The van der Waals surface area contributed by atoms with E-state index in [2.05, 4.69) is 24.1 Å². The standard InChI is InChI=1S/C15H30N2O/c1-3-7-16-15-4-8-17(13(2)11-15)12-14-5-9-18-10-6-14/h13-16H,3-12H2,1-2H3. The molecule has 18 heavy (non-hydrogen) atoms. The summed E-state index contributed by atoms with van der Waals surface area (Å²) in [5.74, 6) is 0.876. The summed E-state index contributed by atoms with van der Waals surface area (Å²) in [4.78, 5) is 2.71. The molecule has 2 heterocycles. The van der Waals surface area contributed by atoms with Gasteiger partial charge in [-0.2, -0.15) is 0 Å². The first-order valence-corrected chi connectivity index (χ1v) is 7.84. The summed E-state index contributed by atoms with van der Waals surface area (Å²) in [7, 11) is 0. The van der Waals surface area contributed by atoms with E-state index in [1.165, 1.54) is 51.7 Å². The molecule has 3 nitrogen and oxygen atoms in total. The monoisotopic (exact) mass is 254 g/mol. The van der Waals surface area contributed by atoms with Crippen LogP contribution in [0, 0.1) is 5.92 Å². The average molecular weight is 254 g/mol. The molecule has 2 saturated heterocycles. The normalized spacial score (nSPS) is 31.7. The van der Waals surface area contributed by atoms with E-state index < -0.39 is 0 Å². The van der Waals surface area contributed by atoms with Crippen molar-refractivity contribution in [1.82, 2.24) is 10.2 Å². The number of piperidine rings is 1. The number of hydrogen-bond donors (Lipinski definition) is 1. The van der Waals surface area contributed by atoms with Crippen molar-refractivity contribution in [3.05, 3.63) is 0 Å². The van der Waals surface area contributed by atoms with Gasteiger partial charge in [-0.05, 0) is 58.0 Å². The van der Waals surface area contributed by atoms with E-state index in [0.717, 1.165) is 31.2 Å². The highest BCUT2D eigenvalue weighted by Gasteiger charge is 2.27. The minimum absolute atomic E-state index is 0.746. The van der Waals surface area contributed by atoms with Crippen molar-refractivity contribution in [2.75, 3.05) is 32.8 Å². The summed E-state index contributed by atoms with van der Waals surface area (Å²) >= 11 is 0. The first-order valence-electron chi connectivity index (χ1n) is 7.84. The van der Waals surface area contributed by atoms with E-state index in [-0.39, 0.29) is 0 Å². The maximum absolute atomic E-state index is 5.45. The maximum Gasteiger partial charge on any atom is 0.0469 e. The van der Waals surface area contributed by atoms with Crippen molar-refractivity contribution >= 4 is 0 Å². The number of nitrogens with one attached hydrogen (secondary N) is 1. The fourth-order valence-corrected chi connectivity index (χ4v) is 3.29. The van der Waals surface area contributed by atoms with Crippen LogP contribution in [0.5, 0.6) is 0 Å². The lowest BCUT2D eigenvalue weighted by molar-refractivity contribution is 0.0375. The summed E-state index contributed by atoms with van der Waals surface area (Å²) in [5.41, 5.74) is 0. The van der Waals surface area contributed by atoms with Gasteiger partial charge in [0.2, 0.25) is 0 Å². The Labute approximate surface area is 112 Å². The lowest BCUT2D eigenvalue weighted by Crippen LogP contribution is -2.49. The third-order valence-corrected chi connectivity index (χ3v) is 4.53. The molecule has 0 aromatic heterocycles. The van der Waals surface area contributed by atoms with Crippen molar-refractivity contribution in [3.8, 4) is 0 Å². The van der Waals surface area contributed by atoms with Gasteiger partial charge >= 0.3 is 0 Å². The number of hydrogen-bond acceptors (Lipinski definition) is 3. The van der Waals surface area contributed by atoms with Crippen LogP contribution in [0.3, 0.4) is 0 Å². The van der Waals surface area contributed by atoms with Crippen LogP contribution in [-0.2, 0) is 4.74 Å². The van der Waals surface area contributed by atoms with Crippen LogP contribution in [0.2, 0.25) is 0 Å². The third-order valence-electron chi connectivity index (χ3n) is 4.53. The van der Waals surface area contributed by atoms with E-state index in [1.807, 2.05) is 0 Å². The maximum atomic E-state index is 5.45. The highest BCUT2D eigenvalue weighted by Crippen LogP contribution is 2.22. The Morgan fingerprint density at radius 1 is 1.22 bits per heavy atom. The van der Waals surface area contributed by atoms with E-state index in [4.69, 9.17) is 4.74 Å². The Bertz CT molecular complexity index is 229. The van der Waals surface area contributed by atoms with Crippen LogP contribution in [0.1, 0.15) is 46.0 Å². The second-order valence-corrected chi connectivity index (χ2v) is 6.08. The van der Waals surface area contributed by atoms with Gasteiger partial charge in [0.15, 0.2) is 0 Å². The molecule has 0 bridgehead atoms. The molecule has 2 atom stereocenters. The van der Waals surface area contributed by atoms with Gasteiger partial charge < -0.3 is 15.0 Å². The van der Waals surface area contributed by atoms with Gasteiger partial charge in [-0.1, -0.05) is 6.92 Å². The average Bonchev–Trinajstić information content (AvgIpc) is 2.40. The van der Waals surface area contributed by atoms with Gasteiger partial charge in [-0.25, -0.2) is 0 Å². The number of nitrogens with zero attached hydrogens (tertiary/aromatic N) is 1. The highest BCUT2D eigenvalue weighted by molar-refractivity contribution is 4.84. The largest absolute Gasteiger partial charge is 0.381 e. The molecule has 0 spiro atoms. The molecule has 2 fully saturated rings. The Balaban J connectivity index is 1.71. The molecule has 0 amide bonds. The molecule has 3 heteroatoms. The van der Waals surface area contributed by atoms with Crippen LogP contribution < -0.4 is 5.32 Å². The zero-order chi connectivity index (χ0) is 12.8. The summed E-state index contributed by atoms with van der Waals surface area (Å²) in [5, 5.41) is 3.68. The van der Waals surface area contributed by atoms with Gasteiger partial charge in [0, 0.05) is 31.8 Å². The Kier molecular flexibility index (Phi) is 5.93. The third kappa shape index (κ3) is 4.22. The van der Waals surface area contributed by atoms with Gasteiger partial charge in [0.1, 0.15) is 0 Å². The molecule has 2 aliphatic rings. The van der Waals surface area contributed by atoms with Crippen LogP contribution >= 0.6 is 0 Å². The predicted molar refractivity (Wildman–Crippen MR) is 75.9 cm³/mol. The summed E-state index contributed by atoms with van der Waals surface area (Å²) < 4.78 is 5.45. The molecule has 0 aromatic rings. The van der Waals surface area contributed by atoms with Crippen molar-refractivity contribution in [2.45, 2.75) is 58.0 Å². The number of likely N-dealkylation sites (tertiary alicyclic amines) is 1. The topological polar surface area (TPSA) is 24.5 Å². The predicted octanol–water partition coefficient (Wildman–Crippen LogP) is 2.27.